The third kappa shape index (κ3) is 3.28. The van der Waals surface area contributed by atoms with Crippen LogP contribution in [0.25, 0.3) is 0 Å². The van der Waals surface area contributed by atoms with E-state index in [4.69, 9.17) is 14.2 Å². The number of nitrogens with one attached hydrogen (secondary N) is 2. The van der Waals surface area contributed by atoms with Crippen LogP contribution in [0.2, 0.25) is 0 Å². The van der Waals surface area contributed by atoms with Gasteiger partial charge >= 0.3 is 0 Å². The van der Waals surface area contributed by atoms with Crippen molar-refractivity contribution in [3.8, 4) is 17.2 Å². The van der Waals surface area contributed by atoms with E-state index < -0.39 is 5.41 Å². The number of fused-ring (bicyclic) bond motifs is 1. The summed E-state index contributed by atoms with van der Waals surface area (Å²) in [6.07, 6.45) is 1.58. The van der Waals surface area contributed by atoms with E-state index in [0.29, 0.717) is 28.9 Å². The second kappa shape index (κ2) is 7.26. The van der Waals surface area contributed by atoms with Gasteiger partial charge in [-0.3, -0.25) is 4.79 Å². The summed E-state index contributed by atoms with van der Waals surface area (Å²) < 4.78 is 16.2. The van der Waals surface area contributed by atoms with Crippen molar-refractivity contribution in [1.29, 1.82) is 0 Å². The first-order valence-electron chi connectivity index (χ1n) is 9.77. The molecule has 1 fully saturated rings. The van der Waals surface area contributed by atoms with Crippen molar-refractivity contribution < 1.29 is 20.4 Å². The summed E-state index contributed by atoms with van der Waals surface area (Å²) in [6, 6.07) is 18.8. The fourth-order valence-electron chi connectivity index (χ4n) is 3.66. The lowest BCUT2D eigenvalue weighted by Gasteiger charge is -2.16. The quantitative estimate of drug-likeness (QED) is 0.629. The molecular formula is C23H23N3O4. The Morgan fingerprint density at radius 3 is 2.67 bits per heavy atom. The van der Waals surface area contributed by atoms with Gasteiger partial charge in [-0.2, -0.15) is 0 Å². The van der Waals surface area contributed by atoms with Crippen molar-refractivity contribution in [1.82, 2.24) is 4.98 Å². The summed E-state index contributed by atoms with van der Waals surface area (Å²) in [6.45, 7) is 0.216. The molecule has 0 atom stereocenters. The number of carbonyl (C=O) groups is 1. The minimum atomic E-state index is -0.547. The molecule has 0 unspecified atom stereocenters. The lowest BCUT2D eigenvalue weighted by Crippen LogP contribution is -2.28. The standard InChI is InChI=1S/C23H21N3O4.H2/c1-28-17-6-3-2-5-16(17)24-20-7-4-8-21(25-20)26-22(27)23(11-12-23)15-9-10-18-19(13-15)30-14-29-18;/h2-10,13H,11-12,14H2,1H3,(H2,24,25,26,27);1H. The van der Waals surface area contributed by atoms with Crippen molar-refractivity contribution in [3.63, 3.8) is 0 Å². The van der Waals surface area contributed by atoms with E-state index in [2.05, 4.69) is 15.6 Å². The number of anilines is 3. The first kappa shape index (κ1) is 18.3. The van der Waals surface area contributed by atoms with Crippen LogP contribution in [0.3, 0.4) is 0 Å². The molecule has 5 rings (SSSR count). The minimum Gasteiger partial charge on any atom is -0.495 e. The van der Waals surface area contributed by atoms with Crippen molar-refractivity contribution in [2.24, 2.45) is 0 Å². The minimum absolute atomic E-state index is 0. The number of para-hydroxylation sites is 2. The molecule has 30 heavy (non-hydrogen) atoms. The summed E-state index contributed by atoms with van der Waals surface area (Å²) >= 11 is 0. The molecule has 1 aliphatic heterocycles. The fraction of sp³-hybridized carbons (Fsp3) is 0.217. The van der Waals surface area contributed by atoms with Gasteiger partial charge in [-0.1, -0.05) is 24.3 Å². The highest BCUT2D eigenvalue weighted by Gasteiger charge is 2.51. The second-order valence-corrected chi connectivity index (χ2v) is 7.34. The first-order valence-corrected chi connectivity index (χ1v) is 9.77. The molecule has 0 radical (unpaired) electrons. The Bertz CT molecular complexity index is 1120. The molecule has 1 amide bonds. The van der Waals surface area contributed by atoms with Gasteiger partial charge in [0.1, 0.15) is 17.4 Å². The van der Waals surface area contributed by atoms with Gasteiger partial charge in [0.15, 0.2) is 11.5 Å². The summed E-state index contributed by atoms with van der Waals surface area (Å²) in [5, 5.41) is 6.21. The van der Waals surface area contributed by atoms with E-state index in [0.717, 1.165) is 24.1 Å². The van der Waals surface area contributed by atoms with Gasteiger partial charge < -0.3 is 24.8 Å². The number of benzene rings is 2. The van der Waals surface area contributed by atoms with E-state index in [-0.39, 0.29) is 14.1 Å². The number of pyridine rings is 1. The summed E-state index contributed by atoms with van der Waals surface area (Å²) in [5.74, 6) is 3.16. The van der Waals surface area contributed by atoms with Crippen molar-refractivity contribution in [2.75, 3.05) is 24.5 Å². The Balaban J connectivity index is 0.00000231. The van der Waals surface area contributed by atoms with Crippen LogP contribution >= 0.6 is 0 Å². The van der Waals surface area contributed by atoms with Gasteiger partial charge in [-0.25, -0.2) is 4.98 Å². The average molecular weight is 405 g/mol. The number of hydrogen-bond donors (Lipinski definition) is 2. The maximum atomic E-state index is 13.1. The van der Waals surface area contributed by atoms with Gasteiger partial charge in [0, 0.05) is 1.43 Å². The molecule has 7 nitrogen and oxygen atoms in total. The average Bonchev–Trinajstić information content (AvgIpc) is 3.45. The maximum Gasteiger partial charge on any atom is 0.236 e. The Morgan fingerprint density at radius 2 is 1.83 bits per heavy atom. The molecule has 7 heteroatoms. The predicted octanol–water partition coefficient (Wildman–Crippen LogP) is 4.48. The molecule has 2 aromatic carbocycles. The SMILES string of the molecule is COc1ccccc1Nc1cccc(NC(=O)C2(c3ccc4c(c3)OCO4)CC2)n1.[HH]. The topological polar surface area (TPSA) is 81.7 Å². The maximum absolute atomic E-state index is 13.1. The Labute approximate surface area is 175 Å². The molecule has 2 aliphatic rings. The molecule has 3 aromatic rings. The molecule has 154 valence electrons. The number of rotatable bonds is 6. The third-order valence-corrected chi connectivity index (χ3v) is 5.47. The van der Waals surface area contributed by atoms with Crippen molar-refractivity contribution in [2.45, 2.75) is 18.3 Å². The van der Waals surface area contributed by atoms with Crippen LogP contribution in [0.1, 0.15) is 19.8 Å². The van der Waals surface area contributed by atoms with Crippen molar-refractivity contribution in [3.05, 3.63) is 66.2 Å². The second-order valence-electron chi connectivity index (χ2n) is 7.34. The number of aromatic nitrogens is 1. The van der Waals surface area contributed by atoms with Gasteiger partial charge in [0.2, 0.25) is 12.7 Å². The van der Waals surface area contributed by atoms with E-state index >= 15 is 0 Å². The van der Waals surface area contributed by atoms with E-state index in [9.17, 15) is 4.79 Å². The predicted molar refractivity (Wildman–Crippen MR) is 115 cm³/mol. The van der Waals surface area contributed by atoms with Crippen LogP contribution in [0.4, 0.5) is 17.3 Å². The molecule has 0 saturated heterocycles. The fourth-order valence-corrected chi connectivity index (χ4v) is 3.66. The van der Waals surface area contributed by atoms with Crippen LogP contribution < -0.4 is 24.8 Å². The summed E-state index contributed by atoms with van der Waals surface area (Å²) in [4.78, 5) is 17.6. The molecule has 1 aliphatic carbocycles. The Hall–Kier alpha value is -3.74. The lowest BCUT2D eigenvalue weighted by atomic mass is 9.94. The molecule has 1 aromatic heterocycles. The summed E-state index contributed by atoms with van der Waals surface area (Å²) in [5.41, 5.74) is 1.19. The summed E-state index contributed by atoms with van der Waals surface area (Å²) in [7, 11) is 1.62. The smallest absolute Gasteiger partial charge is 0.236 e. The molecule has 0 spiro atoms. The van der Waals surface area contributed by atoms with E-state index in [1.807, 2.05) is 54.6 Å². The number of amides is 1. The number of carbonyl (C=O) groups excluding carboxylic acids is 1. The van der Waals surface area contributed by atoms with E-state index in [1.165, 1.54) is 0 Å². The number of methoxy groups -OCH3 is 1. The number of ether oxygens (including phenoxy) is 3. The number of hydrogen-bond acceptors (Lipinski definition) is 6. The van der Waals surface area contributed by atoms with Crippen LogP contribution in [-0.4, -0.2) is 24.8 Å². The van der Waals surface area contributed by atoms with Crippen molar-refractivity contribution >= 4 is 23.2 Å². The van der Waals surface area contributed by atoms with Gasteiger partial charge in [-0.15, -0.1) is 0 Å². The van der Waals surface area contributed by atoms with Gasteiger partial charge in [0.25, 0.3) is 0 Å². The Kier molecular flexibility index (Phi) is 4.43. The Morgan fingerprint density at radius 1 is 1.03 bits per heavy atom. The molecule has 2 heterocycles. The van der Waals surface area contributed by atoms with Gasteiger partial charge in [0.05, 0.1) is 18.2 Å². The molecule has 2 N–H and O–H groups in total. The van der Waals surface area contributed by atoms with E-state index in [1.54, 1.807) is 13.2 Å². The normalized spacial score (nSPS) is 15.4. The highest BCUT2D eigenvalue weighted by molar-refractivity contribution is 6.01. The lowest BCUT2D eigenvalue weighted by molar-refractivity contribution is -0.118. The molecule has 0 bridgehead atoms. The largest absolute Gasteiger partial charge is 0.495 e. The zero-order valence-electron chi connectivity index (χ0n) is 16.5. The van der Waals surface area contributed by atoms with Crippen LogP contribution in [-0.2, 0) is 10.2 Å². The molecule has 1 saturated carbocycles. The zero-order chi connectivity index (χ0) is 20.6. The highest BCUT2D eigenvalue weighted by atomic mass is 16.7. The molecular weight excluding hydrogens is 382 g/mol. The van der Waals surface area contributed by atoms with Crippen LogP contribution in [0.15, 0.2) is 60.7 Å². The van der Waals surface area contributed by atoms with Crippen LogP contribution in [0, 0.1) is 0 Å². The van der Waals surface area contributed by atoms with Gasteiger partial charge in [-0.05, 0) is 54.8 Å². The highest BCUT2D eigenvalue weighted by Crippen LogP contribution is 2.51. The third-order valence-electron chi connectivity index (χ3n) is 5.47. The number of nitrogens with zero attached hydrogens (tertiary/aromatic N) is 1. The monoisotopic (exact) mass is 405 g/mol. The first-order chi connectivity index (χ1) is 14.7. The van der Waals surface area contributed by atoms with Crippen LogP contribution in [0.5, 0.6) is 17.2 Å². The zero-order valence-corrected chi connectivity index (χ0v) is 16.5.